The van der Waals surface area contributed by atoms with Crippen LogP contribution in [0, 0.1) is 16.0 Å². The van der Waals surface area contributed by atoms with E-state index in [0.29, 0.717) is 60.8 Å². The number of halogens is 1. The number of oxime groups is 1. The van der Waals surface area contributed by atoms with Gasteiger partial charge in [0.25, 0.3) is 5.69 Å². The van der Waals surface area contributed by atoms with E-state index in [-0.39, 0.29) is 18.9 Å². The van der Waals surface area contributed by atoms with E-state index >= 15 is 0 Å². The highest BCUT2D eigenvalue weighted by Crippen LogP contribution is 2.33. The maximum absolute atomic E-state index is 13.8. The molecule has 0 bridgehead atoms. The van der Waals surface area contributed by atoms with Gasteiger partial charge < -0.3 is 14.7 Å². The number of rotatable bonds is 12. The molecule has 1 aliphatic rings. The largest absolute Gasteiger partial charge is 0.496 e. The topological polar surface area (TPSA) is 149 Å². The van der Waals surface area contributed by atoms with Gasteiger partial charge in [-0.2, -0.15) is 0 Å². The van der Waals surface area contributed by atoms with E-state index in [4.69, 9.17) is 21.2 Å². The molecule has 1 N–H and O–H groups in total. The number of nitro benzene ring substituents is 1. The van der Waals surface area contributed by atoms with Crippen LogP contribution < -0.4 is 4.74 Å². The van der Waals surface area contributed by atoms with Crippen LogP contribution in [0.1, 0.15) is 73.4 Å². The van der Waals surface area contributed by atoms with E-state index in [1.165, 1.54) is 30.2 Å². The Labute approximate surface area is 243 Å². The minimum Gasteiger partial charge on any atom is -0.496 e. The number of hydrogen-bond donors (Lipinski definition) is 1. The molecule has 0 spiro atoms. The summed E-state index contributed by atoms with van der Waals surface area (Å²) in [6.45, 7) is 4.00. The highest BCUT2D eigenvalue weighted by molar-refractivity contribution is 6.30. The second kappa shape index (κ2) is 14.6. The number of carbonyl (C=O) groups excluding carboxylic acids is 2. The van der Waals surface area contributed by atoms with E-state index in [9.17, 15) is 29.6 Å². The summed E-state index contributed by atoms with van der Waals surface area (Å²) in [5, 5.41) is 25.6. The van der Waals surface area contributed by atoms with Gasteiger partial charge in [0, 0.05) is 23.4 Å². The average molecular weight is 588 g/mol. The number of benzene rings is 2. The maximum atomic E-state index is 13.8. The first kappa shape index (κ1) is 31.5. The molecular weight excluding hydrogens is 554 g/mol. The quantitative estimate of drug-likeness (QED) is 0.248. The van der Waals surface area contributed by atoms with Crippen molar-refractivity contribution >= 4 is 40.8 Å². The van der Waals surface area contributed by atoms with Crippen molar-refractivity contribution in [3.8, 4) is 5.75 Å². The van der Waals surface area contributed by atoms with Gasteiger partial charge in [0.05, 0.1) is 24.3 Å². The molecule has 2 aromatic carbocycles. The Hall–Kier alpha value is -3.99. The number of likely N-dealkylation sites (tertiary alicyclic amines) is 1. The molecule has 3 rings (SSSR count). The minimum absolute atomic E-state index is 0.0300. The lowest BCUT2D eigenvalue weighted by atomic mass is 9.89. The fourth-order valence-corrected chi connectivity index (χ4v) is 5.21. The summed E-state index contributed by atoms with van der Waals surface area (Å²) in [6, 6.07) is 9.05. The molecule has 1 heterocycles. The van der Waals surface area contributed by atoms with Crippen LogP contribution >= 0.6 is 11.6 Å². The summed E-state index contributed by atoms with van der Waals surface area (Å²) >= 11 is 6.21. The number of amides is 2. The van der Waals surface area contributed by atoms with E-state index in [1.54, 1.807) is 25.1 Å². The van der Waals surface area contributed by atoms with E-state index in [2.05, 4.69) is 5.16 Å². The number of methoxy groups -OCH3 is 1. The molecule has 0 aromatic heterocycles. The van der Waals surface area contributed by atoms with Gasteiger partial charge in [0.2, 0.25) is 11.8 Å². The molecular formula is C29H34ClN3O8. The third-order valence-electron chi connectivity index (χ3n) is 7.05. The van der Waals surface area contributed by atoms with Crippen LogP contribution in [0.4, 0.5) is 5.69 Å². The molecule has 11 nitrogen and oxygen atoms in total. The number of imide groups is 1. The highest BCUT2D eigenvalue weighted by atomic mass is 35.5. The van der Waals surface area contributed by atoms with Gasteiger partial charge in [-0.25, -0.2) is 4.79 Å². The molecule has 12 heteroatoms. The molecule has 41 heavy (non-hydrogen) atoms. The number of carboxylic acids is 1. The molecule has 2 aromatic rings. The van der Waals surface area contributed by atoms with Gasteiger partial charge in [-0.3, -0.25) is 24.6 Å². The first-order chi connectivity index (χ1) is 19.6. The lowest BCUT2D eigenvalue weighted by Gasteiger charge is -2.25. The van der Waals surface area contributed by atoms with Crippen LogP contribution in [0.2, 0.25) is 5.02 Å². The maximum Gasteiger partial charge on any atom is 0.342 e. The van der Waals surface area contributed by atoms with Gasteiger partial charge in [-0.1, -0.05) is 36.2 Å². The summed E-state index contributed by atoms with van der Waals surface area (Å²) in [6.07, 6.45) is 2.25. The molecule has 2 atom stereocenters. The molecule has 0 aliphatic carbocycles. The second-order valence-electron chi connectivity index (χ2n) is 9.82. The number of hydrogen-bond acceptors (Lipinski definition) is 8. The van der Waals surface area contributed by atoms with Crippen LogP contribution in [0.15, 0.2) is 41.6 Å². The molecule has 2 amide bonds. The van der Waals surface area contributed by atoms with Crippen molar-refractivity contribution in [2.24, 2.45) is 11.1 Å². The van der Waals surface area contributed by atoms with E-state index < -0.39 is 39.9 Å². The van der Waals surface area contributed by atoms with Crippen LogP contribution in [0.25, 0.3) is 0 Å². The van der Waals surface area contributed by atoms with Crippen LogP contribution in [-0.2, 0) is 20.8 Å². The number of aromatic carboxylic acids is 1. The number of nitro groups is 1. The first-order valence-corrected chi connectivity index (χ1v) is 13.8. The molecule has 0 saturated carbocycles. The van der Waals surface area contributed by atoms with Gasteiger partial charge in [-0.05, 0) is 73.9 Å². The van der Waals surface area contributed by atoms with Gasteiger partial charge in [0.1, 0.15) is 17.9 Å². The summed E-state index contributed by atoms with van der Waals surface area (Å²) < 4.78 is 5.46. The third-order valence-corrected chi connectivity index (χ3v) is 7.28. The molecule has 1 fully saturated rings. The van der Waals surface area contributed by atoms with Crippen molar-refractivity contribution in [2.75, 3.05) is 20.3 Å². The number of carboxylic acid groups (broad SMARTS) is 1. The van der Waals surface area contributed by atoms with Crippen LogP contribution in [-0.4, -0.2) is 58.7 Å². The fraction of sp³-hybridized carbons (Fsp3) is 0.448. The molecule has 220 valence electrons. The lowest BCUT2D eigenvalue weighted by molar-refractivity contribution is -0.385. The Morgan fingerprint density at radius 1 is 1.24 bits per heavy atom. The fourth-order valence-electron chi connectivity index (χ4n) is 5.02. The van der Waals surface area contributed by atoms with Gasteiger partial charge in [0.15, 0.2) is 0 Å². The summed E-state index contributed by atoms with van der Waals surface area (Å²) in [4.78, 5) is 56.3. The second-order valence-corrected chi connectivity index (χ2v) is 10.3. The van der Waals surface area contributed by atoms with Crippen molar-refractivity contribution < 1.29 is 34.0 Å². The summed E-state index contributed by atoms with van der Waals surface area (Å²) in [7, 11) is 1.53. The Bertz CT molecular complexity index is 1330. The van der Waals surface area contributed by atoms with Crippen molar-refractivity contribution in [3.05, 3.63) is 68.2 Å². The van der Waals surface area contributed by atoms with Crippen molar-refractivity contribution in [2.45, 2.75) is 58.3 Å². The number of nitrogens with zero attached hydrogens (tertiary/aromatic N) is 3. The average Bonchev–Trinajstić information content (AvgIpc) is 3.10. The van der Waals surface area contributed by atoms with Crippen molar-refractivity contribution in [1.82, 2.24) is 4.90 Å². The smallest absolute Gasteiger partial charge is 0.342 e. The zero-order valence-corrected chi connectivity index (χ0v) is 24.1. The SMILES string of the molecule is CCC[C@@H](CC(=O)N1C/C(=N/OCC)CCC(Cc2cc(Cl)ccc2OC)C1=O)c1ccc(C(=O)O)c([N+](=O)[O-])c1. The first-order valence-electron chi connectivity index (χ1n) is 13.4. The lowest BCUT2D eigenvalue weighted by Crippen LogP contribution is -2.42. The highest BCUT2D eigenvalue weighted by Gasteiger charge is 2.35. The van der Waals surface area contributed by atoms with Crippen molar-refractivity contribution in [1.29, 1.82) is 0 Å². The number of carbonyl (C=O) groups is 3. The molecule has 1 aliphatic heterocycles. The summed E-state index contributed by atoms with van der Waals surface area (Å²) in [5.41, 5.74) is 0.783. The minimum atomic E-state index is -1.41. The zero-order chi connectivity index (χ0) is 30.1. The summed E-state index contributed by atoms with van der Waals surface area (Å²) in [5.74, 6) is -2.66. The van der Waals surface area contributed by atoms with Crippen molar-refractivity contribution in [3.63, 3.8) is 0 Å². The predicted octanol–water partition coefficient (Wildman–Crippen LogP) is 5.63. The van der Waals surface area contributed by atoms with Crippen LogP contribution in [0.5, 0.6) is 5.75 Å². The zero-order valence-electron chi connectivity index (χ0n) is 23.3. The Morgan fingerprint density at radius 2 is 2.00 bits per heavy atom. The molecule has 0 radical (unpaired) electrons. The standard InChI is InChI=1S/C29H34ClN3O8/c1-4-6-18(19-8-11-24(29(36)37)25(15-19)33(38)39)16-27(34)32-17-23(31-41-5-2)10-7-20(28(32)35)13-21-14-22(30)9-12-26(21)40-3/h8-9,11-12,14-15,18,20H,4-7,10,13,16-17H2,1-3H3,(H,36,37)/b31-23+/t18-,20?/m0/s1. The van der Waals surface area contributed by atoms with Gasteiger partial charge in [-0.15, -0.1) is 0 Å². The Kier molecular flexibility index (Phi) is 11.2. The van der Waals surface area contributed by atoms with Crippen LogP contribution in [0.3, 0.4) is 0 Å². The number of ether oxygens (including phenoxy) is 1. The van der Waals surface area contributed by atoms with E-state index in [0.717, 1.165) is 5.56 Å². The predicted molar refractivity (Wildman–Crippen MR) is 153 cm³/mol. The molecule has 1 saturated heterocycles. The Balaban J connectivity index is 1.93. The monoisotopic (exact) mass is 587 g/mol. The Morgan fingerprint density at radius 3 is 2.63 bits per heavy atom. The third kappa shape index (κ3) is 8.03. The molecule has 1 unspecified atom stereocenters. The normalized spacial score (nSPS) is 17.2. The van der Waals surface area contributed by atoms with E-state index in [1.807, 2.05) is 6.92 Å². The van der Waals surface area contributed by atoms with Gasteiger partial charge >= 0.3 is 5.97 Å².